The highest BCUT2D eigenvalue weighted by Gasteiger charge is 2.30. The van der Waals surface area contributed by atoms with Crippen molar-refractivity contribution in [1.82, 2.24) is 9.97 Å². The number of hydrogen-bond acceptors (Lipinski definition) is 5. The molecule has 2 N–H and O–H groups in total. The summed E-state index contributed by atoms with van der Waals surface area (Å²) in [5.41, 5.74) is 6.83. The molecule has 0 fully saturated rings. The summed E-state index contributed by atoms with van der Waals surface area (Å²) in [7, 11) is 0. The number of aromatic nitrogens is 2. The van der Waals surface area contributed by atoms with Crippen molar-refractivity contribution in [2.75, 3.05) is 0 Å². The molecule has 0 amide bonds. The monoisotopic (exact) mass is 401 g/mol. The molecular weight excluding hydrogens is 383 g/mol. The first-order chi connectivity index (χ1) is 13.8. The van der Waals surface area contributed by atoms with Gasteiger partial charge in [-0.1, -0.05) is 36.4 Å². The highest BCUT2D eigenvalue weighted by molar-refractivity contribution is 5.97. The van der Waals surface area contributed by atoms with Crippen molar-refractivity contribution in [1.29, 1.82) is 0 Å². The second kappa shape index (κ2) is 8.83. The van der Waals surface area contributed by atoms with Crippen LogP contribution in [0.1, 0.15) is 32.7 Å². The summed E-state index contributed by atoms with van der Waals surface area (Å²) in [4.78, 5) is 20.5. The Labute approximate surface area is 165 Å². The Hall–Kier alpha value is -3.26. The first kappa shape index (κ1) is 20.5. The maximum absolute atomic E-state index is 12.8. The van der Waals surface area contributed by atoms with Crippen molar-refractivity contribution in [2.24, 2.45) is 5.73 Å². The summed E-state index contributed by atoms with van der Waals surface area (Å²) >= 11 is 0. The average Bonchev–Trinajstić information content (AvgIpc) is 2.72. The molecule has 0 spiro atoms. The van der Waals surface area contributed by atoms with Gasteiger partial charge in [0.15, 0.2) is 5.78 Å². The highest BCUT2D eigenvalue weighted by atomic mass is 19.4. The summed E-state index contributed by atoms with van der Waals surface area (Å²) in [5.74, 6) is 0.0831. The van der Waals surface area contributed by atoms with Crippen molar-refractivity contribution in [3.8, 4) is 5.88 Å². The fourth-order valence-electron chi connectivity index (χ4n) is 2.70. The molecule has 29 heavy (non-hydrogen) atoms. The summed E-state index contributed by atoms with van der Waals surface area (Å²) < 4.78 is 44.1. The third-order valence-electron chi connectivity index (χ3n) is 4.16. The molecule has 0 saturated heterocycles. The van der Waals surface area contributed by atoms with E-state index in [1.54, 1.807) is 30.3 Å². The van der Waals surface area contributed by atoms with Gasteiger partial charge in [0.25, 0.3) is 0 Å². The Morgan fingerprint density at radius 2 is 1.76 bits per heavy atom. The van der Waals surface area contributed by atoms with E-state index in [-0.39, 0.29) is 25.4 Å². The molecule has 150 valence electrons. The van der Waals surface area contributed by atoms with E-state index < -0.39 is 11.7 Å². The number of nitrogens with zero attached hydrogens (tertiary/aromatic N) is 2. The van der Waals surface area contributed by atoms with Gasteiger partial charge in [0.2, 0.25) is 5.88 Å². The first-order valence-electron chi connectivity index (χ1n) is 8.77. The maximum atomic E-state index is 12.8. The number of carbonyl (C=O) groups excluding carboxylic acids is 1. The van der Waals surface area contributed by atoms with Crippen LogP contribution in [-0.4, -0.2) is 15.8 Å². The smallest absolute Gasteiger partial charge is 0.416 e. The van der Waals surface area contributed by atoms with Gasteiger partial charge in [-0.25, -0.2) is 9.97 Å². The molecule has 0 aliphatic rings. The van der Waals surface area contributed by atoms with Crippen molar-refractivity contribution in [2.45, 2.75) is 25.7 Å². The van der Waals surface area contributed by atoms with Gasteiger partial charge in [-0.2, -0.15) is 13.2 Å². The molecule has 2 aromatic carbocycles. The number of ether oxygens (including phenoxy) is 1. The van der Waals surface area contributed by atoms with Gasteiger partial charge in [-0.05, 0) is 23.3 Å². The summed E-state index contributed by atoms with van der Waals surface area (Å²) in [6, 6.07) is 13.2. The molecular formula is C21H18F3N3O2. The Kier molecular flexibility index (Phi) is 6.23. The Morgan fingerprint density at radius 3 is 2.52 bits per heavy atom. The number of Topliss-reactive ketones (excluding diaryl/α,β-unsaturated/α-hetero) is 1. The van der Waals surface area contributed by atoms with E-state index in [9.17, 15) is 18.0 Å². The van der Waals surface area contributed by atoms with Crippen LogP contribution in [-0.2, 0) is 25.7 Å². The molecule has 5 nitrogen and oxygen atoms in total. The van der Waals surface area contributed by atoms with Crippen LogP contribution in [0.15, 0.2) is 60.9 Å². The van der Waals surface area contributed by atoms with E-state index in [1.165, 1.54) is 18.5 Å². The normalized spacial score (nSPS) is 11.3. The van der Waals surface area contributed by atoms with Crippen LogP contribution < -0.4 is 10.5 Å². The van der Waals surface area contributed by atoms with Gasteiger partial charge in [-0.15, -0.1) is 0 Å². The largest absolute Gasteiger partial charge is 0.473 e. The molecule has 0 radical (unpaired) electrons. The van der Waals surface area contributed by atoms with Crippen LogP contribution in [0.5, 0.6) is 5.88 Å². The second-order valence-electron chi connectivity index (χ2n) is 6.34. The summed E-state index contributed by atoms with van der Waals surface area (Å²) in [6.45, 7) is 0.435. The predicted octanol–water partition coefficient (Wildman–Crippen LogP) is 3.96. The van der Waals surface area contributed by atoms with Crippen molar-refractivity contribution in [3.05, 3.63) is 88.9 Å². The van der Waals surface area contributed by atoms with E-state index >= 15 is 0 Å². The molecule has 0 bridgehead atoms. The average molecular weight is 401 g/mol. The standard InChI is InChI=1S/C21H18F3N3O2/c22-21(23,24)17-6-2-3-14(8-17)9-19(28)16-5-1-4-15(7-16)12-29-20-10-18(11-25)26-13-27-20/h1-8,10,13H,9,11-12,25H2. The summed E-state index contributed by atoms with van der Waals surface area (Å²) in [6.07, 6.45) is -3.21. The zero-order valence-electron chi connectivity index (χ0n) is 15.3. The molecule has 0 aliphatic carbocycles. The molecule has 0 aliphatic heterocycles. The fraction of sp³-hybridized carbons (Fsp3) is 0.190. The number of carbonyl (C=O) groups is 1. The molecule has 8 heteroatoms. The number of halogens is 3. The lowest BCUT2D eigenvalue weighted by Crippen LogP contribution is -2.08. The van der Waals surface area contributed by atoms with Crippen molar-refractivity contribution in [3.63, 3.8) is 0 Å². The molecule has 1 heterocycles. The molecule has 0 atom stereocenters. The van der Waals surface area contributed by atoms with Gasteiger partial charge in [-0.3, -0.25) is 4.79 Å². The molecule has 1 aromatic heterocycles. The van der Waals surface area contributed by atoms with E-state index in [0.29, 0.717) is 22.7 Å². The van der Waals surface area contributed by atoms with E-state index in [0.717, 1.165) is 17.7 Å². The second-order valence-corrected chi connectivity index (χ2v) is 6.34. The van der Waals surface area contributed by atoms with Gasteiger partial charge < -0.3 is 10.5 Å². The van der Waals surface area contributed by atoms with Crippen LogP contribution in [0.3, 0.4) is 0 Å². The lowest BCUT2D eigenvalue weighted by molar-refractivity contribution is -0.137. The van der Waals surface area contributed by atoms with Crippen LogP contribution in [0.25, 0.3) is 0 Å². The van der Waals surface area contributed by atoms with E-state index in [4.69, 9.17) is 10.5 Å². The van der Waals surface area contributed by atoms with E-state index in [2.05, 4.69) is 9.97 Å². The zero-order chi connectivity index (χ0) is 20.9. The Bertz CT molecular complexity index is 1010. The van der Waals surface area contributed by atoms with Crippen LogP contribution >= 0.6 is 0 Å². The lowest BCUT2D eigenvalue weighted by atomic mass is 10.00. The number of rotatable bonds is 7. The predicted molar refractivity (Wildman–Crippen MR) is 100 cm³/mol. The summed E-state index contributed by atoms with van der Waals surface area (Å²) in [5, 5.41) is 0. The Morgan fingerprint density at radius 1 is 1.00 bits per heavy atom. The molecule has 0 unspecified atom stereocenters. The highest BCUT2D eigenvalue weighted by Crippen LogP contribution is 2.29. The first-order valence-corrected chi connectivity index (χ1v) is 8.77. The number of hydrogen-bond donors (Lipinski definition) is 1. The van der Waals surface area contributed by atoms with Gasteiger partial charge in [0.05, 0.1) is 11.3 Å². The molecule has 3 rings (SSSR count). The minimum Gasteiger partial charge on any atom is -0.473 e. The number of benzene rings is 2. The van der Waals surface area contributed by atoms with Gasteiger partial charge >= 0.3 is 6.18 Å². The number of ketones is 1. The van der Waals surface area contributed by atoms with Gasteiger partial charge in [0, 0.05) is 24.6 Å². The van der Waals surface area contributed by atoms with Gasteiger partial charge in [0.1, 0.15) is 12.9 Å². The SMILES string of the molecule is NCc1cc(OCc2cccc(C(=O)Cc3cccc(C(F)(F)F)c3)c2)ncn1. The zero-order valence-corrected chi connectivity index (χ0v) is 15.3. The number of nitrogens with two attached hydrogens (primary N) is 1. The third-order valence-corrected chi connectivity index (χ3v) is 4.16. The topological polar surface area (TPSA) is 78.1 Å². The fourth-order valence-corrected chi connectivity index (χ4v) is 2.70. The van der Waals surface area contributed by atoms with Crippen LogP contribution in [0.4, 0.5) is 13.2 Å². The minimum absolute atomic E-state index is 0.125. The van der Waals surface area contributed by atoms with Crippen LogP contribution in [0.2, 0.25) is 0 Å². The quantitative estimate of drug-likeness (QED) is 0.607. The van der Waals surface area contributed by atoms with Crippen LogP contribution in [0, 0.1) is 0 Å². The molecule has 3 aromatic rings. The Balaban J connectivity index is 1.68. The lowest BCUT2D eigenvalue weighted by Gasteiger charge is -2.09. The van der Waals surface area contributed by atoms with E-state index in [1.807, 2.05) is 0 Å². The third kappa shape index (κ3) is 5.61. The maximum Gasteiger partial charge on any atom is 0.416 e. The minimum atomic E-state index is -4.44. The van der Waals surface area contributed by atoms with Crippen molar-refractivity contribution < 1.29 is 22.7 Å². The van der Waals surface area contributed by atoms with Crippen molar-refractivity contribution >= 4 is 5.78 Å². The number of alkyl halides is 3. The molecule has 0 saturated carbocycles.